The fourth-order valence-corrected chi connectivity index (χ4v) is 5.59. The van der Waals surface area contributed by atoms with Crippen molar-refractivity contribution in [1.29, 1.82) is 0 Å². The fourth-order valence-electron chi connectivity index (χ4n) is 5.12. The highest BCUT2D eigenvalue weighted by molar-refractivity contribution is 6.31. The summed E-state index contributed by atoms with van der Waals surface area (Å²) in [4.78, 5) is 14.9. The maximum absolute atomic E-state index is 6.65. The first-order valence-corrected chi connectivity index (χ1v) is 14.3. The molecular formula is C37H23Cl2N3. The van der Waals surface area contributed by atoms with E-state index in [-0.39, 0.29) is 0 Å². The summed E-state index contributed by atoms with van der Waals surface area (Å²) in [5, 5.41) is 3.48. The van der Waals surface area contributed by atoms with Gasteiger partial charge in [-0.25, -0.2) is 15.0 Å². The molecule has 3 nitrogen and oxygen atoms in total. The van der Waals surface area contributed by atoms with Crippen molar-refractivity contribution in [1.82, 2.24) is 15.0 Å². The van der Waals surface area contributed by atoms with E-state index in [1.807, 2.05) is 78.9 Å². The van der Waals surface area contributed by atoms with Gasteiger partial charge >= 0.3 is 0 Å². The third-order valence-corrected chi connectivity index (χ3v) is 7.61. The number of rotatable bonds is 5. The zero-order valence-electron chi connectivity index (χ0n) is 22.4. The lowest BCUT2D eigenvalue weighted by molar-refractivity contribution is 1.07. The van der Waals surface area contributed by atoms with Crippen LogP contribution in [0, 0.1) is 0 Å². The van der Waals surface area contributed by atoms with Gasteiger partial charge in [0.15, 0.2) is 17.5 Å². The van der Waals surface area contributed by atoms with Crippen molar-refractivity contribution >= 4 is 34.0 Å². The summed E-state index contributed by atoms with van der Waals surface area (Å²) in [7, 11) is 0. The zero-order valence-corrected chi connectivity index (χ0v) is 23.9. The molecule has 0 saturated carbocycles. The topological polar surface area (TPSA) is 38.7 Å². The van der Waals surface area contributed by atoms with Gasteiger partial charge in [0.25, 0.3) is 0 Å². The maximum atomic E-state index is 6.65. The highest BCUT2D eigenvalue weighted by Gasteiger charge is 2.15. The lowest BCUT2D eigenvalue weighted by Crippen LogP contribution is -2.01. The standard InChI is InChI=1S/C37H23Cl2N3/c38-33-20-29(24-9-3-1-4-10-24)18-31(22-33)36-40-35(28-16-15-26-13-7-8-14-27(26)17-28)41-37(42-36)32-19-30(21-34(39)23-32)25-11-5-2-6-12-25/h1-23H. The normalized spacial score (nSPS) is 11.1. The number of fused-ring (bicyclic) bond motifs is 1. The van der Waals surface area contributed by atoms with Gasteiger partial charge in [-0.05, 0) is 75.5 Å². The Hall–Kier alpha value is -4.83. The largest absolute Gasteiger partial charge is 0.208 e. The number of aromatic nitrogens is 3. The number of halogens is 2. The van der Waals surface area contributed by atoms with Gasteiger partial charge in [-0.2, -0.15) is 0 Å². The Bertz CT molecular complexity index is 1950. The molecule has 0 saturated heterocycles. The number of hydrogen-bond acceptors (Lipinski definition) is 3. The van der Waals surface area contributed by atoms with Gasteiger partial charge in [-0.15, -0.1) is 0 Å². The van der Waals surface area contributed by atoms with Gasteiger partial charge in [0.05, 0.1) is 0 Å². The third-order valence-electron chi connectivity index (χ3n) is 7.17. The second-order valence-electron chi connectivity index (χ2n) is 10.1. The molecule has 5 heteroatoms. The molecule has 0 N–H and O–H groups in total. The van der Waals surface area contributed by atoms with Crippen molar-refractivity contribution in [2.45, 2.75) is 0 Å². The van der Waals surface area contributed by atoms with E-state index in [9.17, 15) is 0 Å². The molecule has 1 heterocycles. The second-order valence-corrected chi connectivity index (χ2v) is 10.9. The van der Waals surface area contributed by atoms with Crippen LogP contribution in [0.5, 0.6) is 0 Å². The van der Waals surface area contributed by atoms with E-state index in [0.29, 0.717) is 27.5 Å². The first-order valence-electron chi connectivity index (χ1n) is 13.6. The number of hydrogen-bond donors (Lipinski definition) is 0. The molecule has 0 amide bonds. The van der Waals surface area contributed by atoms with Gasteiger partial charge in [-0.1, -0.05) is 120 Å². The summed E-state index contributed by atoms with van der Waals surface area (Å²) >= 11 is 13.3. The summed E-state index contributed by atoms with van der Waals surface area (Å²) in [5.41, 5.74) is 6.60. The molecule has 7 rings (SSSR count). The lowest BCUT2D eigenvalue weighted by Gasteiger charge is -2.12. The van der Waals surface area contributed by atoms with E-state index in [2.05, 4.69) is 60.7 Å². The summed E-state index contributed by atoms with van der Waals surface area (Å²) in [6.45, 7) is 0. The highest BCUT2D eigenvalue weighted by Crippen LogP contribution is 2.34. The van der Waals surface area contributed by atoms with Crippen LogP contribution in [-0.2, 0) is 0 Å². The molecule has 0 bridgehead atoms. The molecule has 0 aliphatic heterocycles. The van der Waals surface area contributed by atoms with Gasteiger partial charge in [-0.3, -0.25) is 0 Å². The average Bonchev–Trinajstić information content (AvgIpc) is 3.04. The van der Waals surface area contributed by atoms with Gasteiger partial charge < -0.3 is 0 Å². The summed E-state index contributed by atoms with van der Waals surface area (Å²) in [5.74, 6) is 1.64. The fraction of sp³-hybridized carbons (Fsp3) is 0. The Morgan fingerprint density at radius 1 is 0.310 bits per heavy atom. The molecule has 42 heavy (non-hydrogen) atoms. The minimum Gasteiger partial charge on any atom is -0.208 e. The first kappa shape index (κ1) is 26.1. The molecule has 0 spiro atoms. The Labute approximate surface area is 254 Å². The van der Waals surface area contributed by atoms with Gasteiger partial charge in [0.2, 0.25) is 0 Å². The predicted molar refractivity (Wildman–Crippen MR) is 175 cm³/mol. The summed E-state index contributed by atoms with van der Waals surface area (Å²) < 4.78 is 0. The van der Waals surface area contributed by atoms with Crippen LogP contribution in [0.15, 0.2) is 140 Å². The van der Waals surface area contributed by atoms with E-state index in [1.165, 1.54) is 0 Å². The summed E-state index contributed by atoms with van der Waals surface area (Å²) in [6.07, 6.45) is 0. The predicted octanol–water partition coefficient (Wildman–Crippen LogP) is 10.7. The summed E-state index contributed by atoms with van der Waals surface area (Å²) in [6, 6.07) is 46.6. The van der Waals surface area contributed by atoms with Crippen molar-refractivity contribution in [3.05, 3.63) is 150 Å². The van der Waals surface area contributed by atoms with E-state index in [1.54, 1.807) is 0 Å². The Kier molecular flexibility index (Phi) is 6.97. The Morgan fingerprint density at radius 3 is 1.26 bits per heavy atom. The van der Waals surface area contributed by atoms with Crippen LogP contribution >= 0.6 is 23.2 Å². The van der Waals surface area contributed by atoms with Gasteiger partial charge in [0, 0.05) is 26.7 Å². The Morgan fingerprint density at radius 2 is 0.738 bits per heavy atom. The number of nitrogens with zero attached hydrogens (tertiary/aromatic N) is 3. The van der Waals surface area contributed by atoms with Crippen LogP contribution in [0.4, 0.5) is 0 Å². The molecule has 1 aromatic heterocycles. The average molecular weight is 581 g/mol. The van der Waals surface area contributed by atoms with E-state index < -0.39 is 0 Å². The van der Waals surface area contributed by atoms with Crippen LogP contribution in [0.1, 0.15) is 0 Å². The van der Waals surface area contributed by atoms with E-state index in [4.69, 9.17) is 38.2 Å². The highest BCUT2D eigenvalue weighted by atomic mass is 35.5. The molecule has 7 aromatic rings. The Balaban J connectivity index is 1.43. The molecule has 0 aliphatic carbocycles. The molecule has 0 atom stereocenters. The minimum absolute atomic E-state index is 0.532. The molecule has 0 radical (unpaired) electrons. The molecular weight excluding hydrogens is 557 g/mol. The van der Waals surface area contributed by atoms with Crippen LogP contribution in [0.25, 0.3) is 67.2 Å². The molecule has 6 aromatic carbocycles. The van der Waals surface area contributed by atoms with Crippen LogP contribution in [0.2, 0.25) is 10.0 Å². The molecule has 0 unspecified atom stereocenters. The first-order chi connectivity index (χ1) is 20.6. The smallest absolute Gasteiger partial charge is 0.164 e. The van der Waals surface area contributed by atoms with Crippen molar-refractivity contribution in [3.63, 3.8) is 0 Å². The quantitative estimate of drug-likeness (QED) is 0.203. The zero-order chi connectivity index (χ0) is 28.5. The maximum Gasteiger partial charge on any atom is 0.164 e. The molecule has 0 fully saturated rings. The SMILES string of the molecule is Clc1cc(-c2ccccc2)cc(-c2nc(-c3cc(Cl)cc(-c4ccccc4)c3)nc(-c3ccc4ccccc4c3)n2)c1. The van der Waals surface area contributed by atoms with Crippen molar-refractivity contribution in [3.8, 4) is 56.4 Å². The minimum atomic E-state index is 0.532. The van der Waals surface area contributed by atoms with Crippen LogP contribution in [-0.4, -0.2) is 15.0 Å². The van der Waals surface area contributed by atoms with E-state index in [0.717, 1.165) is 49.7 Å². The van der Waals surface area contributed by atoms with Crippen LogP contribution in [0.3, 0.4) is 0 Å². The van der Waals surface area contributed by atoms with Crippen LogP contribution < -0.4 is 0 Å². The van der Waals surface area contributed by atoms with Crippen molar-refractivity contribution in [2.24, 2.45) is 0 Å². The van der Waals surface area contributed by atoms with E-state index >= 15 is 0 Å². The second kappa shape index (κ2) is 11.2. The third kappa shape index (κ3) is 5.40. The van der Waals surface area contributed by atoms with Crippen molar-refractivity contribution in [2.75, 3.05) is 0 Å². The van der Waals surface area contributed by atoms with Gasteiger partial charge in [0.1, 0.15) is 0 Å². The lowest BCUT2D eigenvalue weighted by atomic mass is 10.0. The monoisotopic (exact) mass is 579 g/mol. The number of benzene rings is 6. The molecule has 0 aliphatic rings. The van der Waals surface area contributed by atoms with Crippen molar-refractivity contribution < 1.29 is 0 Å². The molecule has 200 valence electrons.